The van der Waals surface area contributed by atoms with E-state index in [0.29, 0.717) is 0 Å². The third-order valence-electron chi connectivity index (χ3n) is 19.1. The Labute approximate surface area is 599 Å². The summed E-state index contributed by atoms with van der Waals surface area (Å²) in [5, 5.41) is 259. The molecule has 8 aliphatic rings. The predicted molar refractivity (Wildman–Crippen MR) is 325 cm³/mol. The van der Waals surface area contributed by atoms with Crippen molar-refractivity contribution in [2.45, 2.75) is 292 Å². The van der Waals surface area contributed by atoms with Crippen LogP contribution in [0.2, 0.25) is 0 Å². The topological polar surface area (TPSA) is 734 Å². The molecule has 0 aromatic heterocycles. The Morgan fingerprint density at radius 3 is 1.40 bits per heavy atom. The summed E-state index contributed by atoms with van der Waals surface area (Å²) < 4.78 is 93.5. The molecule has 41 atom stereocenters. The molecule has 8 rings (SSSR count). The zero-order chi connectivity index (χ0) is 78.6. The molecule has 8 heterocycles. The van der Waals surface area contributed by atoms with Crippen molar-refractivity contribution in [3.8, 4) is 0 Å². The first-order valence-corrected chi connectivity index (χ1v) is 33.5. The Balaban J connectivity index is 1.08. The number of nitrogens with one attached hydrogen (secondary N) is 3. The molecule has 0 saturated carbocycles. The first kappa shape index (κ1) is 87.4. The lowest BCUT2D eigenvalue weighted by molar-refractivity contribution is -0.388. The van der Waals surface area contributed by atoms with Gasteiger partial charge in [-0.3, -0.25) is 19.2 Å². The number of ether oxygens (including phenoxy) is 16. The highest BCUT2D eigenvalue weighted by Crippen LogP contribution is 2.40. The van der Waals surface area contributed by atoms with E-state index in [0.717, 1.165) is 27.7 Å². The second-order valence-corrected chi connectivity index (χ2v) is 26.6. The molecular formula is C59H97N3O44. The van der Waals surface area contributed by atoms with Gasteiger partial charge in [0.05, 0.1) is 64.8 Å². The standard InChI is InChI=1S/C59H97N3O44/c1-14-30(73)36(79)41(84)54(93-14)104-49-29(62-17(4)70)52(97-24(11-67)47(49)103-55-42(85)37(80)32(75)21(8-64)96-55)91-12-25-34(77)50(44(87)57(99-25)102-46-22(9-65)95-51(88)40(83)39(46)82)105-53-28(61-16(3)69)35(78)45(23(10-66)98-53)101-56-43(86)38(81)33(76)26(100-56)13-92-59(58(89)90)6-20(94-18(5)71)27(60-15(2)68)48(106-59)31(74)19(72)7-63/h14,19-57,63-67,72-88H,6-13H2,1-5H3,(H,60,68)(H,61,69)(H,62,70)(H,89,90)/t14-,19+,20-,21+,22+,23+,24+,25+,26+,27+,28-,29+,30+,31+,32-,33-,34-,35+,36+,37-,38-,39+,40+,41-,42+,43+,44+,45+,46+,47+,48+,49+,50-,51?,52+,53-,54-,55-,56-,57-,59+/m0/s1. The third-order valence-corrected chi connectivity index (χ3v) is 19.1. The molecule has 106 heavy (non-hydrogen) atoms. The van der Waals surface area contributed by atoms with Crippen LogP contribution in [0, 0.1) is 0 Å². The Morgan fingerprint density at radius 1 is 0.425 bits per heavy atom. The van der Waals surface area contributed by atoms with Crippen LogP contribution in [-0.4, -0.2) is 444 Å². The maximum Gasteiger partial charge on any atom is 0.364 e. The number of carbonyl (C=O) groups is 5. The molecule has 8 saturated heterocycles. The van der Waals surface area contributed by atoms with Gasteiger partial charge in [0, 0.05) is 27.7 Å². The number of carboxylic acid groups (broad SMARTS) is 1. The average molecular weight is 1550 g/mol. The highest BCUT2D eigenvalue weighted by atomic mass is 16.8. The van der Waals surface area contributed by atoms with Gasteiger partial charge in [-0.1, -0.05) is 0 Å². The van der Waals surface area contributed by atoms with Gasteiger partial charge in [0.15, 0.2) is 44.0 Å². The summed E-state index contributed by atoms with van der Waals surface area (Å²) in [4.78, 5) is 64.2. The molecule has 47 heteroatoms. The number of aliphatic hydroxyl groups is 22. The first-order valence-electron chi connectivity index (χ1n) is 33.5. The minimum absolute atomic E-state index is 0.840. The minimum Gasteiger partial charge on any atom is -0.477 e. The summed E-state index contributed by atoms with van der Waals surface area (Å²) in [6.07, 6.45) is -77.7. The lowest BCUT2D eigenvalue weighted by atomic mass is 9.88. The van der Waals surface area contributed by atoms with E-state index in [2.05, 4.69) is 16.0 Å². The number of amides is 3. The van der Waals surface area contributed by atoms with E-state index in [1.165, 1.54) is 6.92 Å². The van der Waals surface area contributed by atoms with Crippen LogP contribution in [0.1, 0.15) is 41.0 Å². The Hall–Kier alpha value is -4.13. The molecule has 0 radical (unpaired) electrons. The van der Waals surface area contributed by atoms with Gasteiger partial charge in [-0.25, -0.2) is 4.79 Å². The Morgan fingerprint density at radius 2 is 0.858 bits per heavy atom. The smallest absolute Gasteiger partial charge is 0.364 e. The first-order chi connectivity index (χ1) is 49.9. The quantitative estimate of drug-likeness (QED) is 0.0324. The van der Waals surface area contributed by atoms with Gasteiger partial charge < -0.3 is 209 Å². The van der Waals surface area contributed by atoms with E-state index < -0.39 is 333 Å². The lowest BCUT2D eigenvalue weighted by Crippen LogP contribution is -2.70. The highest BCUT2D eigenvalue weighted by molar-refractivity contribution is 5.77. The number of hydrogen-bond acceptors (Lipinski definition) is 43. The predicted octanol–water partition coefficient (Wildman–Crippen LogP) is -17.2. The van der Waals surface area contributed by atoms with E-state index >= 15 is 0 Å². The minimum atomic E-state index is -3.10. The summed E-state index contributed by atoms with van der Waals surface area (Å²) in [6.45, 7) is -2.91. The van der Waals surface area contributed by atoms with Crippen molar-refractivity contribution >= 4 is 29.7 Å². The van der Waals surface area contributed by atoms with Gasteiger partial charge in [0.1, 0.15) is 189 Å². The van der Waals surface area contributed by atoms with Gasteiger partial charge in [-0.05, 0) is 6.92 Å². The number of hydrogen-bond donors (Lipinski definition) is 26. The largest absolute Gasteiger partial charge is 0.477 e. The number of aliphatic carboxylic acids is 1. The van der Waals surface area contributed by atoms with Crippen molar-refractivity contribution in [3.05, 3.63) is 0 Å². The number of aliphatic hydroxyl groups excluding tert-OH is 22. The van der Waals surface area contributed by atoms with Crippen LogP contribution in [0.4, 0.5) is 0 Å². The van der Waals surface area contributed by atoms with Crippen molar-refractivity contribution < 1.29 is 217 Å². The van der Waals surface area contributed by atoms with Gasteiger partial charge in [0.2, 0.25) is 17.7 Å². The molecular weight excluding hydrogens is 1450 g/mol. The zero-order valence-corrected chi connectivity index (χ0v) is 57.1. The van der Waals surface area contributed by atoms with Gasteiger partial charge >= 0.3 is 11.9 Å². The van der Waals surface area contributed by atoms with Gasteiger partial charge in [0.25, 0.3) is 5.79 Å². The molecule has 1 unspecified atom stereocenters. The van der Waals surface area contributed by atoms with Crippen LogP contribution in [0.5, 0.6) is 0 Å². The number of carboxylic acids is 1. The number of rotatable bonds is 28. The summed E-state index contributed by atoms with van der Waals surface area (Å²) in [5.74, 6) is -8.98. The van der Waals surface area contributed by atoms with Crippen molar-refractivity contribution in [2.24, 2.45) is 0 Å². The summed E-state index contributed by atoms with van der Waals surface area (Å²) in [7, 11) is 0. The number of carbonyl (C=O) groups excluding carboxylic acids is 4. The molecule has 8 aliphatic heterocycles. The second kappa shape index (κ2) is 37.5. The van der Waals surface area contributed by atoms with Crippen LogP contribution in [-0.2, 0) is 99.8 Å². The monoisotopic (exact) mass is 1550 g/mol. The van der Waals surface area contributed by atoms with Crippen LogP contribution in [0.3, 0.4) is 0 Å². The maximum atomic E-state index is 13.2. The highest BCUT2D eigenvalue weighted by Gasteiger charge is 2.62. The summed E-state index contributed by atoms with van der Waals surface area (Å²) in [6, 6.07) is -5.55. The molecule has 47 nitrogen and oxygen atoms in total. The summed E-state index contributed by atoms with van der Waals surface area (Å²) in [5.41, 5.74) is 0. The van der Waals surface area contributed by atoms with Crippen LogP contribution in [0.25, 0.3) is 0 Å². The van der Waals surface area contributed by atoms with Crippen LogP contribution < -0.4 is 16.0 Å². The Kier molecular flexibility index (Phi) is 30.9. The van der Waals surface area contributed by atoms with Crippen molar-refractivity contribution in [1.82, 2.24) is 16.0 Å². The van der Waals surface area contributed by atoms with Crippen molar-refractivity contribution in [3.63, 3.8) is 0 Å². The van der Waals surface area contributed by atoms with Crippen molar-refractivity contribution in [1.29, 1.82) is 0 Å². The van der Waals surface area contributed by atoms with E-state index in [1.54, 1.807) is 0 Å². The third kappa shape index (κ3) is 19.3. The van der Waals surface area contributed by atoms with Gasteiger partial charge in [-0.15, -0.1) is 0 Å². The second-order valence-electron chi connectivity index (χ2n) is 26.6. The number of esters is 1. The molecule has 0 spiro atoms. The summed E-state index contributed by atoms with van der Waals surface area (Å²) >= 11 is 0. The molecule has 8 fully saturated rings. The molecule has 26 N–H and O–H groups in total. The van der Waals surface area contributed by atoms with E-state index in [4.69, 9.17) is 75.8 Å². The molecule has 612 valence electrons. The lowest BCUT2D eigenvalue weighted by Gasteiger charge is -2.51. The fraction of sp³-hybridized carbons (Fsp3) is 0.915. The molecule has 0 aromatic rings. The maximum absolute atomic E-state index is 13.2. The Bertz CT molecular complexity index is 2850. The fourth-order valence-corrected chi connectivity index (χ4v) is 13.4. The molecule has 0 aromatic carbocycles. The van der Waals surface area contributed by atoms with Crippen LogP contribution in [0.15, 0.2) is 0 Å². The van der Waals surface area contributed by atoms with Crippen LogP contribution >= 0.6 is 0 Å². The average Bonchev–Trinajstić information content (AvgIpc) is 0.769. The zero-order valence-electron chi connectivity index (χ0n) is 57.1. The molecule has 0 bridgehead atoms. The van der Waals surface area contributed by atoms with E-state index in [1.807, 2.05) is 0 Å². The SMILES string of the molecule is CC(=O)N[C@@H]1[C@H](O[C@H]2[C@@H](O)[C@@H](CO[C@@H]3O[C@H](CO)[C@@H](O[C@@H]4O[C@H](CO)[C@H](O)[C@H](O)[C@H]4O)[C@H](O[C@@H]4O[C@@H](C)[C@@H](O)[C@@H](O)[C@@H]4O)[C@H]3NC(C)=O)O[C@@H](O[C@H]3[C@H](O)[C@@H](O)C(O)O[C@@H]3CO)[C@@H]2O)O[C@H](CO)[C@@H](O[C@@H]2O[C@H](CO[C@]3(C(=O)O)C[C@H](OC(C)=O)[C@@H](NC(C)=O)[C@H]([C@H](O)[C@H](O)CO)O3)[C@H](O)[C@H](O)[C@H]2O)[C@@H]1O. The van der Waals surface area contributed by atoms with E-state index in [9.17, 15) is 141 Å². The molecule has 0 aliphatic carbocycles. The fourth-order valence-electron chi connectivity index (χ4n) is 13.4. The normalized spacial score (nSPS) is 47.2. The molecule has 3 amide bonds. The van der Waals surface area contributed by atoms with Gasteiger partial charge in [-0.2, -0.15) is 0 Å². The van der Waals surface area contributed by atoms with Crippen molar-refractivity contribution in [2.75, 3.05) is 46.2 Å². The van der Waals surface area contributed by atoms with E-state index in [-0.39, 0.29) is 0 Å².